The highest BCUT2D eigenvalue weighted by Crippen LogP contribution is 2.37. The fraction of sp³-hybridized carbons (Fsp3) is 0.393. The van der Waals surface area contributed by atoms with Crippen molar-refractivity contribution in [1.29, 1.82) is 0 Å². The van der Waals surface area contributed by atoms with E-state index >= 15 is 0 Å². The lowest BCUT2D eigenvalue weighted by atomic mass is 9.81. The van der Waals surface area contributed by atoms with Gasteiger partial charge in [-0.05, 0) is 61.2 Å². The van der Waals surface area contributed by atoms with Crippen LogP contribution in [0.5, 0.6) is 17.2 Å². The lowest BCUT2D eigenvalue weighted by Crippen LogP contribution is -2.47. The van der Waals surface area contributed by atoms with Gasteiger partial charge in [-0.3, -0.25) is 4.79 Å². The van der Waals surface area contributed by atoms with Crippen LogP contribution in [-0.2, 0) is 6.42 Å². The number of nitrogens with zero attached hydrogens (tertiary/aromatic N) is 4. The van der Waals surface area contributed by atoms with E-state index < -0.39 is 0 Å². The van der Waals surface area contributed by atoms with Crippen LogP contribution in [0.4, 0.5) is 11.6 Å². The minimum atomic E-state index is 0.0406. The van der Waals surface area contributed by atoms with Gasteiger partial charge in [-0.2, -0.15) is 0 Å². The topological polar surface area (TPSA) is 77.0 Å². The van der Waals surface area contributed by atoms with Crippen molar-refractivity contribution in [2.24, 2.45) is 0 Å². The molecule has 1 saturated heterocycles. The number of Topliss-reactive ketones (excluding diaryl/α,β-unsaturated/α-hetero) is 1. The smallest absolute Gasteiger partial charge is 0.225 e. The van der Waals surface area contributed by atoms with Crippen LogP contribution in [-0.4, -0.2) is 63.3 Å². The van der Waals surface area contributed by atoms with Crippen LogP contribution in [0.15, 0.2) is 42.5 Å². The number of methoxy groups -OCH3 is 3. The number of piperazine rings is 1. The highest BCUT2D eigenvalue weighted by atomic mass is 16.5. The van der Waals surface area contributed by atoms with E-state index in [9.17, 15) is 4.79 Å². The quantitative estimate of drug-likeness (QED) is 0.514. The lowest BCUT2D eigenvalue weighted by Gasteiger charge is -2.36. The molecule has 1 aliphatic heterocycles. The number of fused-ring (bicyclic) bond motifs is 1. The van der Waals surface area contributed by atoms with E-state index in [2.05, 4.69) is 21.9 Å². The Balaban J connectivity index is 1.34. The van der Waals surface area contributed by atoms with Crippen molar-refractivity contribution in [2.45, 2.75) is 25.7 Å². The van der Waals surface area contributed by atoms with Gasteiger partial charge < -0.3 is 24.0 Å². The largest absolute Gasteiger partial charge is 0.497 e. The van der Waals surface area contributed by atoms with Gasteiger partial charge in [0.1, 0.15) is 5.75 Å². The Morgan fingerprint density at radius 2 is 1.50 bits per heavy atom. The van der Waals surface area contributed by atoms with E-state index in [-0.39, 0.29) is 11.7 Å². The zero-order chi connectivity index (χ0) is 25.2. The molecule has 0 bridgehead atoms. The van der Waals surface area contributed by atoms with Gasteiger partial charge in [-0.25, -0.2) is 9.97 Å². The van der Waals surface area contributed by atoms with Crippen molar-refractivity contribution in [1.82, 2.24) is 9.97 Å². The first-order valence-corrected chi connectivity index (χ1v) is 12.3. The average molecular weight is 489 g/mol. The highest BCUT2D eigenvalue weighted by Gasteiger charge is 2.31. The molecule has 1 aromatic heterocycles. The minimum absolute atomic E-state index is 0.0406. The number of ketones is 1. The first-order chi connectivity index (χ1) is 17.5. The Morgan fingerprint density at radius 3 is 2.17 bits per heavy atom. The molecule has 2 heterocycles. The Hall–Kier alpha value is -3.81. The van der Waals surface area contributed by atoms with Crippen molar-refractivity contribution < 1.29 is 19.0 Å². The Kier molecular flexibility index (Phi) is 6.67. The first kappa shape index (κ1) is 23.9. The van der Waals surface area contributed by atoms with Gasteiger partial charge in [0.15, 0.2) is 17.3 Å². The standard InChI is InChI=1S/C28H32N4O4/c1-18-27-23(15-20(16-24(27)33)19-5-10-25(35-3)26(17-19)36-4)30-28(29-18)32-13-11-31(12-14-32)21-6-8-22(34-2)9-7-21/h5-10,17,20H,11-16H2,1-4H3/t20-/m1/s1. The predicted octanol–water partition coefficient (Wildman–Crippen LogP) is 4.05. The van der Waals surface area contributed by atoms with E-state index in [0.717, 1.165) is 48.9 Å². The number of hydrogen-bond acceptors (Lipinski definition) is 8. The molecule has 5 rings (SSSR count). The van der Waals surface area contributed by atoms with Crippen LogP contribution in [0.3, 0.4) is 0 Å². The molecule has 1 atom stereocenters. The zero-order valence-corrected chi connectivity index (χ0v) is 21.3. The van der Waals surface area contributed by atoms with Crippen LogP contribution in [0.2, 0.25) is 0 Å². The second-order valence-corrected chi connectivity index (χ2v) is 9.25. The normalized spacial score (nSPS) is 17.6. The molecule has 2 aliphatic rings. The summed E-state index contributed by atoms with van der Waals surface area (Å²) in [4.78, 5) is 27.4. The van der Waals surface area contributed by atoms with Crippen molar-refractivity contribution in [3.63, 3.8) is 0 Å². The summed E-state index contributed by atoms with van der Waals surface area (Å²) >= 11 is 0. The predicted molar refractivity (Wildman–Crippen MR) is 139 cm³/mol. The van der Waals surface area contributed by atoms with Crippen LogP contribution >= 0.6 is 0 Å². The van der Waals surface area contributed by atoms with Crippen molar-refractivity contribution in [3.8, 4) is 17.2 Å². The second kappa shape index (κ2) is 10.0. The van der Waals surface area contributed by atoms with Gasteiger partial charge in [0.05, 0.1) is 38.3 Å². The third-order valence-electron chi connectivity index (χ3n) is 7.18. The summed E-state index contributed by atoms with van der Waals surface area (Å²) in [5, 5.41) is 0. The molecule has 8 nitrogen and oxygen atoms in total. The molecule has 0 amide bonds. The number of benzene rings is 2. The molecule has 188 valence electrons. The zero-order valence-electron chi connectivity index (χ0n) is 21.3. The number of anilines is 2. The fourth-order valence-electron chi connectivity index (χ4n) is 5.20. The first-order valence-electron chi connectivity index (χ1n) is 12.3. The number of ether oxygens (including phenoxy) is 3. The average Bonchev–Trinajstić information content (AvgIpc) is 2.92. The van der Waals surface area contributed by atoms with E-state index in [1.54, 1.807) is 21.3 Å². The second-order valence-electron chi connectivity index (χ2n) is 9.25. The van der Waals surface area contributed by atoms with E-state index in [1.807, 2.05) is 37.3 Å². The number of carbonyl (C=O) groups excluding carboxylic acids is 1. The molecule has 2 aromatic carbocycles. The molecule has 0 spiro atoms. The number of aryl methyl sites for hydroxylation is 1. The summed E-state index contributed by atoms with van der Waals surface area (Å²) < 4.78 is 16.1. The molecule has 8 heteroatoms. The summed E-state index contributed by atoms with van der Waals surface area (Å²) in [6, 6.07) is 14.0. The molecule has 0 saturated carbocycles. The monoisotopic (exact) mass is 488 g/mol. The molecular formula is C28H32N4O4. The van der Waals surface area contributed by atoms with Crippen molar-refractivity contribution in [2.75, 3.05) is 57.3 Å². The van der Waals surface area contributed by atoms with Crippen LogP contribution < -0.4 is 24.0 Å². The third-order valence-corrected chi connectivity index (χ3v) is 7.18. The maximum absolute atomic E-state index is 13.1. The Bertz CT molecular complexity index is 1250. The molecule has 1 aliphatic carbocycles. The minimum Gasteiger partial charge on any atom is -0.497 e. The van der Waals surface area contributed by atoms with Gasteiger partial charge in [-0.15, -0.1) is 0 Å². The highest BCUT2D eigenvalue weighted by molar-refractivity contribution is 5.99. The van der Waals surface area contributed by atoms with Gasteiger partial charge in [0, 0.05) is 38.3 Å². The van der Waals surface area contributed by atoms with E-state index in [0.29, 0.717) is 35.9 Å². The Morgan fingerprint density at radius 1 is 0.806 bits per heavy atom. The summed E-state index contributed by atoms with van der Waals surface area (Å²) in [6.07, 6.45) is 1.13. The maximum Gasteiger partial charge on any atom is 0.225 e. The van der Waals surface area contributed by atoms with Crippen LogP contribution in [0.1, 0.15) is 39.6 Å². The molecule has 36 heavy (non-hydrogen) atoms. The van der Waals surface area contributed by atoms with E-state index in [4.69, 9.17) is 24.2 Å². The SMILES string of the molecule is COc1ccc(N2CCN(c3nc(C)c4c(n3)C[C@@H](c3ccc(OC)c(OC)c3)CC4=O)CC2)cc1. The summed E-state index contributed by atoms with van der Waals surface area (Å²) in [6.45, 7) is 5.30. The van der Waals surface area contributed by atoms with Crippen molar-refractivity contribution >= 4 is 17.4 Å². The molecule has 0 unspecified atom stereocenters. The number of aromatic nitrogens is 2. The summed E-state index contributed by atoms with van der Waals surface area (Å²) in [5.41, 5.74) is 4.53. The Labute approximate surface area is 211 Å². The van der Waals surface area contributed by atoms with Crippen LogP contribution in [0, 0.1) is 6.92 Å². The third kappa shape index (κ3) is 4.55. The molecular weight excluding hydrogens is 456 g/mol. The maximum atomic E-state index is 13.1. The lowest BCUT2D eigenvalue weighted by molar-refractivity contribution is 0.0962. The molecule has 0 N–H and O–H groups in total. The number of carbonyl (C=O) groups is 1. The summed E-state index contributed by atoms with van der Waals surface area (Å²) in [5.74, 6) is 3.06. The van der Waals surface area contributed by atoms with E-state index in [1.165, 1.54) is 5.69 Å². The molecule has 1 fully saturated rings. The van der Waals surface area contributed by atoms with Crippen LogP contribution in [0.25, 0.3) is 0 Å². The number of hydrogen-bond donors (Lipinski definition) is 0. The molecule has 3 aromatic rings. The van der Waals surface area contributed by atoms with Gasteiger partial charge >= 0.3 is 0 Å². The van der Waals surface area contributed by atoms with Crippen molar-refractivity contribution in [3.05, 3.63) is 65.0 Å². The van der Waals surface area contributed by atoms with Gasteiger partial charge in [0.25, 0.3) is 0 Å². The van der Waals surface area contributed by atoms with Gasteiger partial charge in [0.2, 0.25) is 5.95 Å². The summed E-state index contributed by atoms with van der Waals surface area (Å²) in [7, 11) is 4.92. The fourth-order valence-corrected chi connectivity index (χ4v) is 5.20. The van der Waals surface area contributed by atoms with Gasteiger partial charge in [-0.1, -0.05) is 6.07 Å². The molecule has 0 radical (unpaired) electrons. The number of rotatable bonds is 6.